The Kier molecular flexibility index (Phi) is 8.89. The van der Waals surface area contributed by atoms with Crippen LogP contribution in [-0.2, 0) is 28.4 Å². The van der Waals surface area contributed by atoms with E-state index in [1.807, 2.05) is 0 Å². The number of nitrogens with zero attached hydrogens (tertiary/aromatic N) is 1. The highest BCUT2D eigenvalue weighted by atomic mass is 19.4. The molecule has 2 aromatic rings. The van der Waals surface area contributed by atoms with Crippen molar-refractivity contribution < 1.29 is 45.7 Å². The van der Waals surface area contributed by atoms with Crippen LogP contribution in [0.2, 0.25) is 0 Å². The summed E-state index contributed by atoms with van der Waals surface area (Å²) in [5.74, 6) is -0.198. The van der Waals surface area contributed by atoms with E-state index in [1.165, 1.54) is 7.11 Å². The number of benzene rings is 2. The molecule has 1 heterocycles. The minimum atomic E-state index is -4.79. The number of alkyl halides is 6. The Hall–Kier alpha value is -2.79. The van der Waals surface area contributed by atoms with Crippen LogP contribution >= 0.6 is 0 Å². The van der Waals surface area contributed by atoms with Gasteiger partial charge in [0, 0.05) is 12.6 Å². The summed E-state index contributed by atoms with van der Waals surface area (Å²) < 4.78 is 90.5. The lowest BCUT2D eigenvalue weighted by atomic mass is 9.98. The van der Waals surface area contributed by atoms with Gasteiger partial charge in [0.25, 0.3) is 0 Å². The molecule has 3 rings (SSSR count). The first-order valence-electron chi connectivity index (χ1n) is 11.4. The first-order chi connectivity index (χ1) is 16.9. The number of methoxy groups -OCH3 is 1. The molecular formula is C25H27F6NO4. The van der Waals surface area contributed by atoms with E-state index in [4.69, 9.17) is 4.74 Å². The number of hydrogen-bond acceptors (Lipinski definition) is 5. The summed E-state index contributed by atoms with van der Waals surface area (Å²) in [6.45, 7) is 0.209. The summed E-state index contributed by atoms with van der Waals surface area (Å²) in [6, 6.07) is 7.61. The summed E-state index contributed by atoms with van der Waals surface area (Å²) in [4.78, 5) is 13.1. The molecule has 11 heteroatoms. The Labute approximate surface area is 204 Å². The van der Waals surface area contributed by atoms with E-state index in [0.29, 0.717) is 48.9 Å². The summed E-state index contributed by atoms with van der Waals surface area (Å²) in [5.41, 5.74) is -2.22. The number of ether oxygens (including phenoxy) is 2. The van der Waals surface area contributed by atoms with Crippen LogP contribution in [0.15, 0.2) is 42.5 Å². The van der Waals surface area contributed by atoms with Crippen LogP contribution in [0.4, 0.5) is 26.3 Å². The summed E-state index contributed by atoms with van der Waals surface area (Å²) in [5, 5.41) is 10.2. The van der Waals surface area contributed by atoms with Crippen LogP contribution in [0.1, 0.15) is 54.0 Å². The number of carbonyl (C=O) groups is 1. The van der Waals surface area contributed by atoms with Crippen LogP contribution in [0.3, 0.4) is 0 Å². The Bertz CT molecular complexity index is 1040. The molecule has 1 saturated heterocycles. The Balaban J connectivity index is 1.75. The third kappa shape index (κ3) is 7.36. The number of rotatable bonds is 8. The highest BCUT2D eigenvalue weighted by Gasteiger charge is 2.38. The zero-order valence-electron chi connectivity index (χ0n) is 19.5. The molecule has 1 aliphatic heterocycles. The van der Waals surface area contributed by atoms with Gasteiger partial charge in [0.15, 0.2) is 0 Å². The first kappa shape index (κ1) is 27.8. The van der Waals surface area contributed by atoms with Crippen molar-refractivity contribution in [3.63, 3.8) is 0 Å². The number of aliphatic hydroxyl groups is 1. The monoisotopic (exact) mass is 519 g/mol. The van der Waals surface area contributed by atoms with E-state index in [-0.39, 0.29) is 25.6 Å². The second-order valence-electron chi connectivity index (χ2n) is 8.67. The lowest BCUT2D eigenvalue weighted by Crippen LogP contribution is -2.43. The van der Waals surface area contributed by atoms with Crippen molar-refractivity contribution in [2.75, 3.05) is 20.3 Å². The molecule has 0 bridgehead atoms. The molecule has 1 aliphatic rings. The second-order valence-corrected chi connectivity index (χ2v) is 8.67. The van der Waals surface area contributed by atoms with Crippen LogP contribution in [-0.4, -0.2) is 42.3 Å². The van der Waals surface area contributed by atoms with Crippen LogP contribution < -0.4 is 4.74 Å². The average molecular weight is 519 g/mol. The van der Waals surface area contributed by atoms with Gasteiger partial charge in [0.2, 0.25) is 0 Å². The fourth-order valence-corrected chi connectivity index (χ4v) is 4.22. The number of hydrogen-bond donors (Lipinski definition) is 1. The van der Waals surface area contributed by atoms with Gasteiger partial charge in [-0.05, 0) is 60.8 Å². The molecule has 0 aromatic heterocycles. The van der Waals surface area contributed by atoms with E-state index >= 15 is 0 Å². The van der Waals surface area contributed by atoms with Crippen molar-refractivity contribution in [3.8, 4) is 5.75 Å². The molecule has 0 spiro atoms. The second kappa shape index (κ2) is 11.5. The van der Waals surface area contributed by atoms with E-state index < -0.39 is 41.1 Å². The molecule has 5 nitrogen and oxygen atoms in total. The highest BCUT2D eigenvalue weighted by molar-refractivity contribution is 5.70. The van der Waals surface area contributed by atoms with Gasteiger partial charge in [0.1, 0.15) is 12.4 Å². The number of carbonyl (C=O) groups excluding carboxylic acids is 1. The van der Waals surface area contributed by atoms with Crippen molar-refractivity contribution in [2.45, 2.75) is 56.7 Å². The summed E-state index contributed by atoms with van der Waals surface area (Å²) in [7, 11) is 1.21. The van der Waals surface area contributed by atoms with Crippen LogP contribution in [0.5, 0.6) is 5.75 Å². The number of halogens is 6. The molecule has 1 N–H and O–H groups in total. The van der Waals surface area contributed by atoms with Gasteiger partial charge in [0.05, 0.1) is 30.8 Å². The lowest BCUT2D eigenvalue weighted by Gasteiger charge is -2.36. The Morgan fingerprint density at radius 2 is 1.83 bits per heavy atom. The van der Waals surface area contributed by atoms with E-state index in [9.17, 15) is 36.2 Å². The SMILES string of the molecule is COC(=O)C[C@@H](O)c1cccc(OCC2CCCCN2Cc2cc(C(F)(F)F)ccc2C(F)(F)F)c1. The molecule has 0 amide bonds. The molecule has 36 heavy (non-hydrogen) atoms. The van der Waals surface area contributed by atoms with Crippen molar-refractivity contribution in [3.05, 3.63) is 64.7 Å². The number of esters is 1. The fraction of sp³-hybridized carbons (Fsp3) is 0.480. The molecule has 1 fully saturated rings. The van der Waals surface area contributed by atoms with Gasteiger partial charge in [-0.25, -0.2) is 0 Å². The molecule has 198 valence electrons. The zero-order valence-corrected chi connectivity index (χ0v) is 19.5. The molecule has 0 radical (unpaired) electrons. The molecule has 0 saturated carbocycles. The maximum atomic E-state index is 13.5. The van der Waals surface area contributed by atoms with Crippen molar-refractivity contribution in [1.82, 2.24) is 4.90 Å². The average Bonchev–Trinajstić information content (AvgIpc) is 2.82. The Morgan fingerprint density at radius 1 is 1.08 bits per heavy atom. The van der Waals surface area contributed by atoms with Crippen LogP contribution in [0, 0.1) is 0 Å². The van der Waals surface area contributed by atoms with E-state index in [1.54, 1.807) is 29.2 Å². The molecular weight excluding hydrogens is 492 g/mol. The van der Waals surface area contributed by atoms with E-state index in [0.717, 1.165) is 6.42 Å². The molecule has 1 unspecified atom stereocenters. The molecule has 2 aromatic carbocycles. The third-order valence-corrected chi connectivity index (χ3v) is 6.13. The predicted octanol–water partition coefficient (Wildman–Crippen LogP) is 5.75. The zero-order chi connectivity index (χ0) is 26.5. The molecule has 2 atom stereocenters. The standard InChI is InChI=1S/C25H27F6NO4/c1-35-23(34)13-22(33)16-5-4-7-20(12-16)36-15-19-6-2-3-10-32(19)14-17-11-18(24(26,27)28)8-9-21(17)25(29,30)31/h4-5,7-9,11-12,19,22,33H,2-3,6,10,13-15H2,1H3/t19?,22-/m1/s1. The third-order valence-electron chi connectivity index (χ3n) is 6.13. The van der Waals surface area contributed by atoms with Gasteiger partial charge in [-0.2, -0.15) is 26.3 Å². The van der Waals surface area contributed by atoms with Crippen molar-refractivity contribution in [2.24, 2.45) is 0 Å². The fourth-order valence-electron chi connectivity index (χ4n) is 4.22. The summed E-state index contributed by atoms with van der Waals surface area (Å²) in [6.07, 6.45) is -8.78. The van der Waals surface area contributed by atoms with Crippen molar-refractivity contribution >= 4 is 5.97 Å². The smallest absolute Gasteiger partial charge is 0.416 e. The largest absolute Gasteiger partial charge is 0.492 e. The minimum absolute atomic E-state index is 0.0941. The number of aliphatic hydroxyl groups excluding tert-OH is 1. The van der Waals surface area contributed by atoms with Gasteiger partial charge in [-0.15, -0.1) is 0 Å². The minimum Gasteiger partial charge on any atom is -0.492 e. The van der Waals surface area contributed by atoms with Gasteiger partial charge >= 0.3 is 18.3 Å². The Morgan fingerprint density at radius 3 is 2.50 bits per heavy atom. The maximum Gasteiger partial charge on any atom is 0.416 e. The number of likely N-dealkylation sites (tertiary alicyclic amines) is 1. The molecule has 0 aliphatic carbocycles. The van der Waals surface area contributed by atoms with Crippen molar-refractivity contribution in [1.29, 1.82) is 0 Å². The lowest BCUT2D eigenvalue weighted by molar-refractivity contribution is -0.143. The number of piperidine rings is 1. The topological polar surface area (TPSA) is 59.0 Å². The highest BCUT2D eigenvalue weighted by Crippen LogP contribution is 2.37. The van der Waals surface area contributed by atoms with Gasteiger partial charge in [-0.3, -0.25) is 9.69 Å². The maximum absolute atomic E-state index is 13.5. The normalized spacial score (nSPS) is 18.1. The van der Waals surface area contributed by atoms with Gasteiger partial charge in [-0.1, -0.05) is 18.6 Å². The van der Waals surface area contributed by atoms with E-state index in [2.05, 4.69) is 4.74 Å². The summed E-state index contributed by atoms with van der Waals surface area (Å²) >= 11 is 0. The first-order valence-corrected chi connectivity index (χ1v) is 11.4. The van der Waals surface area contributed by atoms with Gasteiger partial charge < -0.3 is 14.6 Å². The predicted molar refractivity (Wildman–Crippen MR) is 118 cm³/mol. The quantitative estimate of drug-likeness (QED) is 0.355. The van der Waals surface area contributed by atoms with Crippen LogP contribution in [0.25, 0.3) is 0 Å².